The van der Waals surface area contributed by atoms with Crippen molar-refractivity contribution in [3.05, 3.63) is 81.9 Å². The molecule has 2 N–H and O–H groups in total. The number of fused-ring (bicyclic) bond motifs is 2. The number of anilines is 1. The Hall–Kier alpha value is -3.35. The Morgan fingerprint density at radius 3 is 2.55 bits per heavy atom. The van der Waals surface area contributed by atoms with E-state index in [2.05, 4.69) is 10.8 Å². The lowest BCUT2D eigenvalue weighted by Crippen LogP contribution is -2.26. The zero-order chi connectivity index (χ0) is 20.0. The van der Waals surface area contributed by atoms with E-state index < -0.39 is 0 Å². The smallest absolute Gasteiger partial charge is 0.259 e. The van der Waals surface area contributed by atoms with Crippen molar-refractivity contribution in [2.24, 2.45) is 0 Å². The number of hydroxylamine groups is 1. The van der Waals surface area contributed by atoms with Crippen molar-refractivity contribution in [1.29, 1.82) is 0 Å². The van der Waals surface area contributed by atoms with Crippen molar-refractivity contribution in [2.75, 3.05) is 11.9 Å². The molecule has 2 heterocycles. The molecular formula is C22H15ClN2O4. The van der Waals surface area contributed by atoms with Crippen molar-refractivity contribution in [1.82, 2.24) is 5.48 Å². The van der Waals surface area contributed by atoms with Gasteiger partial charge in [0.05, 0.1) is 11.1 Å². The molecule has 0 aromatic heterocycles. The third-order valence-electron chi connectivity index (χ3n) is 4.87. The minimum absolute atomic E-state index is 0.148. The minimum Gasteiger partial charge on any atom is -0.448 e. The zero-order valence-electron chi connectivity index (χ0n) is 15.1. The first-order chi connectivity index (χ1) is 14.1. The summed E-state index contributed by atoms with van der Waals surface area (Å²) in [6.45, 7) is 0.695. The van der Waals surface area contributed by atoms with Crippen LogP contribution in [0.4, 0.5) is 5.69 Å². The number of ketones is 1. The maximum atomic E-state index is 12.9. The van der Waals surface area contributed by atoms with Crippen LogP contribution in [0.5, 0.6) is 17.2 Å². The van der Waals surface area contributed by atoms with Gasteiger partial charge >= 0.3 is 0 Å². The van der Waals surface area contributed by atoms with Crippen LogP contribution in [0.1, 0.15) is 31.8 Å². The Morgan fingerprint density at radius 1 is 0.966 bits per heavy atom. The summed E-state index contributed by atoms with van der Waals surface area (Å²) in [5.41, 5.74) is 5.82. The van der Waals surface area contributed by atoms with Gasteiger partial charge in [-0.15, -0.1) is 0 Å². The predicted octanol–water partition coefficient (Wildman–Crippen LogP) is 4.37. The molecule has 3 aromatic carbocycles. The van der Waals surface area contributed by atoms with E-state index in [0.717, 1.165) is 17.7 Å². The van der Waals surface area contributed by atoms with E-state index in [-0.39, 0.29) is 11.7 Å². The van der Waals surface area contributed by atoms with Gasteiger partial charge in [0.15, 0.2) is 17.3 Å². The molecule has 7 heteroatoms. The van der Waals surface area contributed by atoms with Crippen LogP contribution in [-0.2, 0) is 6.42 Å². The van der Waals surface area contributed by atoms with Crippen LogP contribution in [0.3, 0.4) is 0 Å². The summed E-state index contributed by atoms with van der Waals surface area (Å²) in [6, 6.07) is 15.4. The van der Waals surface area contributed by atoms with Crippen molar-refractivity contribution < 1.29 is 19.2 Å². The molecule has 0 saturated heterocycles. The van der Waals surface area contributed by atoms with E-state index in [4.69, 9.17) is 21.2 Å². The van der Waals surface area contributed by atoms with Gasteiger partial charge in [-0.05, 0) is 66.6 Å². The molecule has 0 spiro atoms. The molecule has 29 heavy (non-hydrogen) atoms. The fraction of sp³-hybridized carbons (Fsp3) is 0.0909. The molecule has 0 aliphatic carbocycles. The molecule has 5 rings (SSSR count). The number of carbonyl (C=O) groups is 2. The van der Waals surface area contributed by atoms with Crippen molar-refractivity contribution in [3.8, 4) is 17.2 Å². The number of benzene rings is 3. The number of nitrogens with one attached hydrogen (secondary N) is 2. The highest BCUT2D eigenvalue weighted by atomic mass is 35.5. The zero-order valence-corrected chi connectivity index (χ0v) is 15.9. The Morgan fingerprint density at radius 2 is 1.72 bits per heavy atom. The van der Waals surface area contributed by atoms with Gasteiger partial charge in [-0.3, -0.25) is 9.59 Å². The standard InChI is InChI=1S/C22H15ClN2O4/c23-14-2-4-15(5-3-14)25-22(27)17-7-6-16(20-21(17)28-20)19(26)13-1-8-18-12(11-13)9-10-24-29-18/h1-8,11,24H,9-10H2,(H,25,27). The van der Waals surface area contributed by atoms with Crippen LogP contribution in [0.25, 0.3) is 0 Å². The number of rotatable bonds is 4. The summed E-state index contributed by atoms with van der Waals surface area (Å²) in [6.07, 6.45) is 0.787. The van der Waals surface area contributed by atoms with Crippen LogP contribution in [0, 0.1) is 0 Å². The quantitative estimate of drug-likeness (QED) is 0.388. The number of hydrogen-bond acceptors (Lipinski definition) is 5. The molecule has 0 fully saturated rings. The summed E-state index contributed by atoms with van der Waals surface area (Å²) in [5, 5.41) is 3.38. The largest absolute Gasteiger partial charge is 0.448 e. The molecule has 0 saturated carbocycles. The van der Waals surface area contributed by atoms with E-state index in [1.165, 1.54) is 0 Å². The van der Waals surface area contributed by atoms with Gasteiger partial charge in [-0.25, -0.2) is 0 Å². The molecular weight excluding hydrogens is 392 g/mol. The lowest BCUT2D eigenvalue weighted by molar-refractivity contribution is 0.102. The number of halogens is 1. The molecule has 2 aliphatic heterocycles. The second-order valence-corrected chi connectivity index (χ2v) is 7.22. The van der Waals surface area contributed by atoms with E-state index in [9.17, 15) is 9.59 Å². The van der Waals surface area contributed by atoms with Gasteiger partial charge < -0.3 is 14.9 Å². The van der Waals surface area contributed by atoms with Gasteiger partial charge in [0.1, 0.15) is 5.75 Å². The highest BCUT2D eigenvalue weighted by molar-refractivity contribution is 6.30. The monoisotopic (exact) mass is 406 g/mol. The third-order valence-corrected chi connectivity index (χ3v) is 5.12. The van der Waals surface area contributed by atoms with E-state index in [1.807, 2.05) is 6.07 Å². The topological polar surface area (TPSA) is 80.0 Å². The first kappa shape index (κ1) is 17.7. The van der Waals surface area contributed by atoms with Crippen molar-refractivity contribution >= 4 is 29.0 Å². The lowest BCUT2D eigenvalue weighted by atomic mass is 9.98. The maximum absolute atomic E-state index is 12.9. The van der Waals surface area contributed by atoms with E-state index in [1.54, 1.807) is 48.5 Å². The third kappa shape index (κ3) is 3.33. The fourth-order valence-electron chi connectivity index (χ4n) is 3.32. The van der Waals surface area contributed by atoms with Gasteiger partial charge in [-0.1, -0.05) is 11.6 Å². The summed E-state index contributed by atoms with van der Waals surface area (Å²) in [4.78, 5) is 30.8. The Balaban J connectivity index is 1.38. The Bertz CT molecular complexity index is 1160. The highest BCUT2D eigenvalue weighted by Gasteiger charge is 2.34. The van der Waals surface area contributed by atoms with E-state index >= 15 is 0 Å². The first-order valence-corrected chi connectivity index (χ1v) is 9.47. The maximum Gasteiger partial charge on any atom is 0.259 e. The average molecular weight is 407 g/mol. The molecule has 144 valence electrons. The molecule has 6 nitrogen and oxygen atoms in total. The number of carbonyl (C=O) groups excluding carboxylic acids is 2. The summed E-state index contributed by atoms with van der Waals surface area (Å²) >= 11 is 5.86. The molecule has 3 aromatic rings. The van der Waals surface area contributed by atoms with Crippen molar-refractivity contribution in [3.63, 3.8) is 0 Å². The van der Waals surface area contributed by atoms with Crippen LogP contribution >= 0.6 is 11.6 Å². The summed E-state index contributed by atoms with van der Waals surface area (Å²) in [7, 11) is 0. The van der Waals surface area contributed by atoms with Gasteiger partial charge in [0, 0.05) is 22.8 Å². The van der Waals surface area contributed by atoms with Crippen LogP contribution < -0.4 is 20.4 Å². The number of hydrogen-bond donors (Lipinski definition) is 2. The highest BCUT2D eigenvalue weighted by Crippen LogP contribution is 2.51. The summed E-state index contributed by atoms with van der Waals surface area (Å²) in [5.74, 6) is 1.17. The number of ether oxygens (including phenoxy) is 1. The van der Waals surface area contributed by atoms with Crippen LogP contribution in [0.15, 0.2) is 54.6 Å². The predicted molar refractivity (Wildman–Crippen MR) is 108 cm³/mol. The lowest BCUT2D eigenvalue weighted by Gasteiger charge is -2.17. The average Bonchev–Trinajstić information content (AvgIpc) is 3.54. The second kappa shape index (κ2) is 6.92. The molecule has 0 bridgehead atoms. The molecule has 2 aliphatic rings. The minimum atomic E-state index is -0.307. The summed E-state index contributed by atoms with van der Waals surface area (Å²) < 4.78 is 5.50. The normalized spacial score (nSPS) is 13.4. The Labute approximate surface area is 171 Å². The second-order valence-electron chi connectivity index (χ2n) is 6.78. The molecule has 0 unspecified atom stereocenters. The first-order valence-electron chi connectivity index (χ1n) is 9.09. The number of amides is 1. The van der Waals surface area contributed by atoms with Crippen LogP contribution in [-0.4, -0.2) is 18.2 Å². The van der Waals surface area contributed by atoms with E-state index in [0.29, 0.717) is 45.4 Å². The molecule has 0 atom stereocenters. The SMILES string of the molecule is O=C(Nc1ccc(Cl)cc1)c1ccc(C(=O)c2ccc3c(c2)CCNO3)c2c1O2. The molecule has 1 amide bonds. The van der Waals surface area contributed by atoms with Gasteiger partial charge in [0.2, 0.25) is 0 Å². The van der Waals surface area contributed by atoms with Gasteiger partial charge in [-0.2, -0.15) is 5.48 Å². The Kier molecular flexibility index (Phi) is 4.23. The van der Waals surface area contributed by atoms with Crippen molar-refractivity contribution in [2.45, 2.75) is 6.42 Å². The molecule has 0 radical (unpaired) electrons. The fourth-order valence-corrected chi connectivity index (χ4v) is 3.45. The van der Waals surface area contributed by atoms with Gasteiger partial charge in [0.25, 0.3) is 5.91 Å². The van der Waals surface area contributed by atoms with Crippen LogP contribution in [0.2, 0.25) is 5.02 Å².